The summed E-state index contributed by atoms with van der Waals surface area (Å²) < 4.78 is 25.8. The van der Waals surface area contributed by atoms with E-state index in [9.17, 15) is 13.2 Å². The zero-order chi connectivity index (χ0) is 27.0. The predicted molar refractivity (Wildman–Crippen MR) is 149 cm³/mol. The molecule has 0 spiro atoms. The summed E-state index contributed by atoms with van der Waals surface area (Å²) in [6.45, 7) is 1.84. The lowest BCUT2D eigenvalue weighted by molar-refractivity contribution is 0.602. The van der Waals surface area contributed by atoms with Crippen LogP contribution in [0.5, 0.6) is 0 Å². The van der Waals surface area contributed by atoms with Crippen LogP contribution in [0.3, 0.4) is 0 Å². The van der Waals surface area contributed by atoms with Crippen LogP contribution in [0, 0.1) is 0 Å². The van der Waals surface area contributed by atoms with Gasteiger partial charge >= 0.3 is 0 Å². The van der Waals surface area contributed by atoms with Crippen molar-refractivity contribution in [2.24, 2.45) is 0 Å². The van der Waals surface area contributed by atoms with Crippen molar-refractivity contribution >= 4 is 44.1 Å². The van der Waals surface area contributed by atoms with Crippen molar-refractivity contribution in [3.63, 3.8) is 0 Å². The second-order valence-electron chi connectivity index (χ2n) is 8.74. The van der Waals surface area contributed by atoms with Crippen LogP contribution in [0.15, 0.2) is 88.7 Å². The van der Waals surface area contributed by atoms with Gasteiger partial charge in [-0.05, 0) is 48.9 Å². The smallest absolute Gasteiger partial charge is 0.267 e. The van der Waals surface area contributed by atoms with Crippen molar-refractivity contribution in [1.29, 1.82) is 0 Å². The third-order valence-corrected chi connectivity index (χ3v) is 7.43. The molecular weight excluding hydrogens is 524 g/mol. The molecule has 0 bridgehead atoms. The van der Waals surface area contributed by atoms with E-state index in [0.717, 1.165) is 6.26 Å². The van der Waals surface area contributed by atoms with Gasteiger partial charge in [0.25, 0.3) is 5.56 Å². The summed E-state index contributed by atoms with van der Waals surface area (Å²) in [4.78, 5) is 27.2. The first-order valence-corrected chi connectivity index (χ1v) is 13.9. The minimum absolute atomic E-state index is 0.0291. The topological polar surface area (TPSA) is 133 Å². The Hall–Kier alpha value is -4.28. The molecule has 0 saturated carbocycles. The van der Waals surface area contributed by atoms with Gasteiger partial charge in [-0.3, -0.25) is 9.36 Å². The minimum Gasteiger partial charge on any atom is -0.368 e. The van der Waals surface area contributed by atoms with Crippen LogP contribution in [0.25, 0.3) is 27.7 Å². The number of fused-ring (bicyclic) bond motifs is 1. The van der Waals surface area contributed by atoms with Crippen LogP contribution in [-0.2, 0) is 9.84 Å². The molecular formula is C27H23ClN6O3S. The van der Waals surface area contributed by atoms with E-state index in [0.29, 0.717) is 44.4 Å². The molecule has 1 atom stereocenters. The number of halogens is 1. The number of aromatic nitrogens is 4. The maximum atomic E-state index is 13.7. The fourth-order valence-corrected chi connectivity index (χ4v) is 5.12. The number of nitrogens with zero attached hydrogens (tertiary/aromatic N) is 4. The zero-order valence-electron chi connectivity index (χ0n) is 20.5. The van der Waals surface area contributed by atoms with Crippen LogP contribution >= 0.6 is 11.6 Å². The molecule has 5 rings (SSSR count). The third-order valence-electron chi connectivity index (χ3n) is 6.01. The summed E-state index contributed by atoms with van der Waals surface area (Å²) in [6.07, 6.45) is 2.67. The normalized spacial score (nSPS) is 12.4. The molecule has 2 aromatic heterocycles. The molecule has 3 aromatic carbocycles. The van der Waals surface area contributed by atoms with Crippen molar-refractivity contribution in [3.05, 3.63) is 100 Å². The van der Waals surface area contributed by atoms with E-state index in [-0.39, 0.29) is 16.4 Å². The van der Waals surface area contributed by atoms with Crippen LogP contribution in [0.4, 0.5) is 11.8 Å². The summed E-state index contributed by atoms with van der Waals surface area (Å²) >= 11 is 6.39. The van der Waals surface area contributed by atoms with Crippen molar-refractivity contribution in [2.75, 3.05) is 17.3 Å². The highest BCUT2D eigenvalue weighted by Crippen LogP contribution is 2.31. The van der Waals surface area contributed by atoms with E-state index in [4.69, 9.17) is 22.3 Å². The van der Waals surface area contributed by atoms with Gasteiger partial charge in [-0.1, -0.05) is 48.0 Å². The fraction of sp³-hybridized carbons (Fsp3) is 0.111. The first-order valence-electron chi connectivity index (χ1n) is 11.6. The molecule has 5 aromatic rings. The number of hydrogen-bond donors (Lipinski definition) is 2. The second kappa shape index (κ2) is 9.88. The number of hydrogen-bond acceptors (Lipinski definition) is 8. The van der Waals surface area contributed by atoms with E-state index in [1.807, 2.05) is 37.3 Å². The lowest BCUT2D eigenvalue weighted by atomic mass is 10.1. The van der Waals surface area contributed by atoms with Gasteiger partial charge in [0.2, 0.25) is 5.95 Å². The molecule has 0 saturated heterocycles. The minimum atomic E-state index is -3.43. The summed E-state index contributed by atoms with van der Waals surface area (Å²) in [7, 11) is -3.43. The summed E-state index contributed by atoms with van der Waals surface area (Å²) in [6, 6.07) is 20.2. The van der Waals surface area contributed by atoms with Crippen LogP contribution < -0.4 is 16.6 Å². The van der Waals surface area contributed by atoms with E-state index < -0.39 is 15.9 Å². The van der Waals surface area contributed by atoms with Crippen molar-refractivity contribution < 1.29 is 8.42 Å². The Kier molecular flexibility index (Phi) is 6.60. The Morgan fingerprint density at radius 1 is 1.00 bits per heavy atom. The lowest BCUT2D eigenvalue weighted by Gasteiger charge is -2.21. The Labute approximate surface area is 223 Å². The van der Waals surface area contributed by atoms with E-state index in [2.05, 4.69) is 15.3 Å². The Balaban J connectivity index is 1.66. The maximum Gasteiger partial charge on any atom is 0.267 e. The first kappa shape index (κ1) is 25.4. The molecule has 0 aliphatic heterocycles. The van der Waals surface area contributed by atoms with E-state index in [1.165, 1.54) is 16.8 Å². The van der Waals surface area contributed by atoms with Crippen LogP contribution in [-0.4, -0.2) is 34.2 Å². The summed E-state index contributed by atoms with van der Waals surface area (Å²) in [5.41, 5.74) is 7.81. The molecule has 0 radical (unpaired) electrons. The average molecular weight is 547 g/mol. The quantitative estimate of drug-likeness (QED) is 0.314. The molecule has 192 valence electrons. The Morgan fingerprint density at radius 3 is 2.47 bits per heavy atom. The number of nitrogens with one attached hydrogen (secondary N) is 1. The molecule has 0 amide bonds. The molecule has 38 heavy (non-hydrogen) atoms. The number of anilines is 2. The molecule has 2 heterocycles. The highest BCUT2D eigenvalue weighted by Gasteiger charge is 2.21. The zero-order valence-corrected chi connectivity index (χ0v) is 22.0. The monoisotopic (exact) mass is 546 g/mol. The molecule has 0 aliphatic rings. The van der Waals surface area contributed by atoms with Gasteiger partial charge < -0.3 is 11.1 Å². The van der Waals surface area contributed by atoms with E-state index in [1.54, 1.807) is 36.4 Å². The molecule has 3 N–H and O–H groups in total. The van der Waals surface area contributed by atoms with Crippen molar-refractivity contribution in [1.82, 2.24) is 19.5 Å². The molecule has 0 aliphatic carbocycles. The fourth-order valence-electron chi connectivity index (χ4n) is 4.20. The van der Waals surface area contributed by atoms with Gasteiger partial charge in [-0.2, -0.15) is 4.98 Å². The average Bonchev–Trinajstić information content (AvgIpc) is 2.88. The summed E-state index contributed by atoms with van der Waals surface area (Å²) in [5.74, 6) is 0.807. The SMILES string of the molecule is CC(Nc1nc(N)ncc1-c1cccc(S(C)(=O)=O)c1)c1nc2cccc(Cl)c2c(=O)n1-c1ccccc1. The summed E-state index contributed by atoms with van der Waals surface area (Å²) in [5, 5.41) is 3.94. The number of rotatable bonds is 6. The Morgan fingerprint density at radius 2 is 1.74 bits per heavy atom. The lowest BCUT2D eigenvalue weighted by Crippen LogP contribution is -2.27. The number of para-hydroxylation sites is 1. The maximum absolute atomic E-state index is 13.7. The van der Waals surface area contributed by atoms with Crippen LogP contribution in [0.2, 0.25) is 5.02 Å². The predicted octanol–water partition coefficient (Wildman–Crippen LogP) is 4.65. The molecule has 11 heteroatoms. The van der Waals surface area contributed by atoms with Gasteiger partial charge in [0.05, 0.1) is 32.6 Å². The Bertz CT molecular complexity index is 1840. The number of benzene rings is 3. The number of nitrogens with two attached hydrogens (primary N) is 1. The van der Waals surface area contributed by atoms with Gasteiger partial charge in [-0.25, -0.2) is 18.4 Å². The molecule has 0 fully saturated rings. The van der Waals surface area contributed by atoms with Crippen molar-refractivity contribution in [2.45, 2.75) is 17.9 Å². The largest absolute Gasteiger partial charge is 0.368 e. The van der Waals surface area contributed by atoms with Crippen LogP contribution in [0.1, 0.15) is 18.8 Å². The highest BCUT2D eigenvalue weighted by molar-refractivity contribution is 7.90. The second-order valence-corrected chi connectivity index (χ2v) is 11.2. The third kappa shape index (κ3) is 4.83. The van der Waals surface area contributed by atoms with Gasteiger partial charge in [0.1, 0.15) is 11.6 Å². The van der Waals surface area contributed by atoms with Gasteiger partial charge in [-0.15, -0.1) is 0 Å². The standard InChI is InChI=1S/C27H23ClN6O3S/c1-16(31-24-20(15-30-27(29)33-24)17-8-6-11-19(14-17)38(2,36)37)25-32-22-13-7-12-21(28)23(22)26(35)34(25)18-9-4-3-5-10-18/h3-16H,1-2H3,(H3,29,30,31,33). The highest BCUT2D eigenvalue weighted by atomic mass is 35.5. The first-order chi connectivity index (χ1) is 18.1. The van der Waals surface area contributed by atoms with Gasteiger partial charge in [0, 0.05) is 18.0 Å². The van der Waals surface area contributed by atoms with Crippen molar-refractivity contribution in [3.8, 4) is 16.8 Å². The molecule has 1 unspecified atom stereocenters. The molecule has 9 nitrogen and oxygen atoms in total. The number of nitrogen functional groups attached to an aromatic ring is 1. The van der Waals surface area contributed by atoms with Gasteiger partial charge in [0.15, 0.2) is 9.84 Å². The van der Waals surface area contributed by atoms with E-state index >= 15 is 0 Å². The number of sulfone groups is 1.